The van der Waals surface area contributed by atoms with Gasteiger partial charge in [0.25, 0.3) is 10.1 Å². The number of phosphoric acid groups is 1. The van der Waals surface area contributed by atoms with Crippen LogP contribution >= 0.6 is 22.8 Å². The molecule has 0 aliphatic heterocycles. The van der Waals surface area contributed by atoms with Crippen LogP contribution in [-0.2, 0) is 177 Å². The Balaban J connectivity index is -0.000000125. The number of carbonyl (C=O) groups is 1. The fourth-order valence-corrected chi connectivity index (χ4v) is 25.0. The third-order valence-corrected chi connectivity index (χ3v) is 34.2. The first-order valence-electron chi connectivity index (χ1n) is 37.9. The number of ether oxygens (including phenoxy) is 2. The first-order chi connectivity index (χ1) is 57.1. The molecule has 0 rings (SSSR count). The van der Waals surface area contributed by atoms with Crippen molar-refractivity contribution in [2.45, 2.75) is 93.7 Å². The van der Waals surface area contributed by atoms with E-state index in [1.165, 1.54) is 35.1 Å². The summed E-state index contributed by atoms with van der Waals surface area (Å²) < 4.78 is 280. The summed E-state index contributed by atoms with van der Waals surface area (Å²) in [5.74, 6) is 0.411. The van der Waals surface area contributed by atoms with Crippen molar-refractivity contribution in [3.05, 3.63) is 135 Å². The minimum absolute atomic E-state index is 0.109. The van der Waals surface area contributed by atoms with Gasteiger partial charge in [0.1, 0.15) is 0 Å². The van der Waals surface area contributed by atoms with E-state index in [-0.39, 0.29) is 116 Å². The summed E-state index contributed by atoms with van der Waals surface area (Å²) in [5.41, 5.74) is 17.6. The lowest BCUT2D eigenvalue weighted by molar-refractivity contribution is 0.0861. The van der Waals surface area contributed by atoms with Gasteiger partial charge in [-0.1, -0.05) is 54.0 Å². The van der Waals surface area contributed by atoms with Crippen LogP contribution < -0.4 is 0 Å². The number of hydrogen-bond donors (Lipinski definition) is 0. The average molecular weight is 2160 g/mol. The van der Waals surface area contributed by atoms with Crippen molar-refractivity contribution < 1.29 is 168 Å². The number of methoxy groups -OCH3 is 1. The monoisotopic (exact) mass is 2150 g/mol. The zero-order valence-electron chi connectivity index (χ0n) is 75.4. The van der Waals surface area contributed by atoms with Gasteiger partial charge in [-0.05, 0) is 51.5 Å². The molecule has 0 spiro atoms. The van der Waals surface area contributed by atoms with E-state index in [9.17, 15) is 77.4 Å². The quantitative estimate of drug-likeness (QED) is 0.0210. The molecule has 0 fully saturated rings. The molecule has 0 saturated heterocycles. The van der Waals surface area contributed by atoms with E-state index in [1.54, 1.807) is 79.7 Å². The highest BCUT2D eigenvalue weighted by molar-refractivity contribution is 7.86. The van der Waals surface area contributed by atoms with Gasteiger partial charge in [0, 0.05) is 60.0 Å². The molecule has 0 bridgehead atoms. The molecule has 736 valence electrons. The highest BCUT2D eigenvalue weighted by atomic mass is 32.3. The third kappa shape index (κ3) is 141. The second kappa shape index (κ2) is 96.4. The van der Waals surface area contributed by atoms with Gasteiger partial charge >= 0.3 is 84.0 Å². The van der Waals surface area contributed by atoms with E-state index >= 15 is 0 Å². The molecule has 0 radical (unpaired) electrons. The number of rotatable bonds is 64. The van der Waals surface area contributed by atoms with Gasteiger partial charge in [0.05, 0.1) is 207 Å². The van der Waals surface area contributed by atoms with Gasteiger partial charge in [0.15, 0.2) is 7.37 Å². The van der Waals surface area contributed by atoms with E-state index < -0.39 is 178 Å². The lowest BCUT2D eigenvalue weighted by Gasteiger charge is -2.11. The van der Waals surface area contributed by atoms with Gasteiger partial charge in [-0.25, -0.2) is 30.3 Å². The van der Waals surface area contributed by atoms with Crippen LogP contribution in [0.1, 0.15) is 81.6 Å². The zero-order valence-corrected chi connectivity index (χ0v) is 99.4. The first-order valence-corrected chi connectivity index (χ1v) is 73.6. The molecule has 0 aliphatic rings. The van der Waals surface area contributed by atoms with Crippen molar-refractivity contribution in [3.8, 4) is 0 Å². The van der Waals surface area contributed by atoms with Gasteiger partial charge in [-0.2, -0.15) is 58.9 Å². The van der Waals surface area contributed by atoms with Crippen molar-refractivity contribution in [2.75, 3.05) is 156 Å². The molecule has 0 aliphatic carbocycles. The van der Waals surface area contributed by atoms with Crippen LogP contribution in [0.25, 0.3) is 0 Å². The number of hydrogen-bond acceptors (Lipinski definition) is 39. The molecule has 0 aromatic carbocycles. The molecule has 0 aromatic heterocycles. The van der Waals surface area contributed by atoms with Crippen LogP contribution in [0.4, 0.5) is 4.79 Å². The minimum Gasteiger partial charge on any atom is -0.439 e. The highest BCUT2D eigenvalue weighted by Crippen LogP contribution is 2.47. The molecule has 60 heteroatoms. The summed E-state index contributed by atoms with van der Waals surface area (Å²) in [7, 11) is -33.0. The van der Waals surface area contributed by atoms with Crippen LogP contribution in [-0.4, -0.2) is 332 Å². The molecular weight excluding hydrogens is 2010 g/mol. The smallest absolute Gasteiger partial charge is 0.439 e. The fourth-order valence-electron chi connectivity index (χ4n) is 5.00. The van der Waals surface area contributed by atoms with Gasteiger partial charge in [-0.15, -0.1) is 129 Å². The molecule has 0 aromatic rings. The third-order valence-electron chi connectivity index (χ3n) is 10.6. The molecule has 1 unspecified atom stereocenters. The molecule has 0 N–H and O–H groups in total. The molecule has 0 saturated carbocycles. The predicted molar refractivity (Wildman–Crippen MR) is 525 cm³/mol. The van der Waals surface area contributed by atoms with Crippen LogP contribution in [0.15, 0.2) is 135 Å². The Morgan fingerprint density at radius 2 is 0.707 bits per heavy atom. The van der Waals surface area contributed by atoms with Crippen molar-refractivity contribution in [1.82, 2.24) is 0 Å². The van der Waals surface area contributed by atoms with E-state index in [0.29, 0.717) is 37.6 Å². The summed E-state index contributed by atoms with van der Waals surface area (Å²) in [4.78, 5) is 10.3. The molecule has 0 amide bonds. The van der Waals surface area contributed by atoms with Crippen LogP contribution in [0, 0.1) is 11.8 Å². The second-order valence-electron chi connectivity index (χ2n) is 23.7. The standard InChI is InChI=1S/2C7H16O4SSi.C7H16O3SSi.2C6H14O4SSi.C6H12O3Si.C5H13O4PSi.C5H12O4SSi.C5H13O3PSi.C5H13O2PSi.C4H10O4SSi/c1-4-13-6-11-12(8,9)10-5-7(2)3;1-3-5-6-10-12(8,9)11-7-13-4-2;1-4-12-6-10-11(8,9)5-7(2)3;1-4-12-5-9-11(7,8)10-6(2)3;1-3-5-9-11(7,8)10-6-12-4-2;1-3-4-10-5-9-6(7)8-2;1-4-11-5-9-10(6,7-2)8-3;1-3-8-10(6,7)9-5-11-4-2;1-4-10-5-8-9(3,6)7-2;1-4-9-5-7-8(2,3)6;1-3-10-4-8-9(5,6)7-2/h4,7H,1,5-6,13H2,2-3H3;4H,2-3,5-7,13H2,1H3;4,7H,1,5-6,12H2,2-3H3;4,6H,1,5,12H2,2-3H3;4H,2-3,5-6,12H2,1H3;3H,1,4-5,10H2,2H3;4H,1,5,11H2,2-3H3;4H,2-3,5,11H2,1H3;4H,1,5,10H2,2-3H3;4H,1,5,9H2,2-3H3;3H,1,4,10H2,2H3. The minimum atomic E-state index is -3.77. The molecule has 1 atom stereocenters. The Kier molecular flexibility index (Phi) is 113. The Hall–Kier alpha value is -1.62. The Labute approximate surface area is 765 Å². The normalized spacial score (nSPS) is 12.8. The van der Waals surface area contributed by atoms with Crippen LogP contribution in [0.5, 0.6) is 0 Å². The SMILES string of the molecule is C=CC[SiH2]COC(=O)OC.C=C[SiH2]COP(=O)(OC)OC.C=C[SiH2]COP(C)(=O)OC.C=C[SiH2]COP(C)(C)=O.C=C[SiH2]COS(=O)(=O)CC(C)C.C=C[SiH2]COS(=O)(=O)OC.C=C[SiH2]COS(=O)(=O)OC(C)C.C=C[SiH2]COS(=O)(=O)OCC.C=C[SiH2]COS(=O)(=O)OCC(C)C.C=C[SiH2]COS(=O)(=O)OCCC.C=C[SiH2]COS(=O)(=O)OCCCC. The maximum Gasteiger partial charge on any atom is 0.507 e. The zero-order chi connectivity index (χ0) is 97.9. The van der Waals surface area contributed by atoms with E-state index in [1.807, 2.05) is 59.0 Å². The molecule has 39 nitrogen and oxygen atoms in total. The van der Waals surface area contributed by atoms with Gasteiger partial charge in [0.2, 0.25) is 0 Å². The summed E-state index contributed by atoms with van der Waals surface area (Å²) >= 11 is 0. The second-order valence-corrected chi connectivity index (χ2v) is 57.3. The Morgan fingerprint density at radius 1 is 0.374 bits per heavy atom. The number of unbranched alkanes of at least 4 members (excludes halogenated alkanes) is 1. The highest BCUT2D eigenvalue weighted by Gasteiger charge is 2.22. The summed E-state index contributed by atoms with van der Waals surface area (Å²) in [5, 5.41) is 0. The number of carbonyl (C=O) groups excluding carboxylic acids is 1. The Morgan fingerprint density at radius 3 is 1.01 bits per heavy atom. The summed E-state index contributed by atoms with van der Waals surface area (Å²) in [6, 6.07) is 0.997. The largest absolute Gasteiger partial charge is 0.507 e. The van der Waals surface area contributed by atoms with Gasteiger partial charge < -0.3 is 23.0 Å². The topological polar surface area (TPSA) is 501 Å². The number of allylic oxidation sites excluding steroid dienone is 1. The van der Waals surface area contributed by atoms with E-state index in [4.69, 9.17) is 17.8 Å². The molecular formula is C63H149O39P3S7Si11. The average Bonchev–Trinajstić information content (AvgIpc) is 0.942. The van der Waals surface area contributed by atoms with Crippen molar-refractivity contribution in [2.24, 2.45) is 11.8 Å². The first kappa shape index (κ1) is 144. The number of phosphoric ester groups is 1. The summed E-state index contributed by atoms with van der Waals surface area (Å²) in [6.45, 7) is 60.1. The molecule has 123 heavy (non-hydrogen) atoms. The lowest BCUT2D eigenvalue weighted by Crippen LogP contribution is -2.17. The van der Waals surface area contributed by atoms with E-state index in [0.717, 1.165) is 26.0 Å². The van der Waals surface area contributed by atoms with E-state index in [2.05, 4.69) is 146 Å². The van der Waals surface area contributed by atoms with Crippen molar-refractivity contribution in [1.29, 1.82) is 0 Å². The van der Waals surface area contributed by atoms with Crippen molar-refractivity contribution >= 4 is 206 Å². The maximum absolute atomic E-state index is 11.1. The van der Waals surface area contributed by atoms with Crippen molar-refractivity contribution in [3.63, 3.8) is 0 Å². The van der Waals surface area contributed by atoms with Crippen LogP contribution in [0.3, 0.4) is 0 Å². The maximum atomic E-state index is 11.1. The molecule has 0 heterocycles. The lowest BCUT2D eigenvalue weighted by atomic mass is 10.2. The summed E-state index contributed by atoms with van der Waals surface area (Å²) in [6.07, 6.45) is 7.05. The predicted octanol–water partition coefficient (Wildman–Crippen LogP) is 2.11. The van der Waals surface area contributed by atoms with Gasteiger partial charge in [-0.3, -0.25) is 56.2 Å². The van der Waals surface area contributed by atoms with Crippen LogP contribution in [0.2, 0.25) is 6.04 Å². The Bertz CT molecular complexity index is 3610. The fraction of sp³-hybridized carbons (Fsp3) is 0.635.